The smallest absolute Gasteiger partial charge is 0.320 e. The van der Waals surface area contributed by atoms with E-state index in [1.54, 1.807) is 13.2 Å². The number of carbonyl (C=O) groups excluding carboxylic acids is 1. The van der Waals surface area contributed by atoms with E-state index in [4.69, 9.17) is 15.6 Å². The molecule has 0 saturated carbocycles. The number of amides is 1. The lowest BCUT2D eigenvalue weighted by Gasteiger charge is -2.08. The highest BCUT2D eigenvalue weighted by atomic mass is 16.5. The monoisotopic (exact) mass is 280 g/mol. The fraction of sp³-hybridized carbons (Fsp3) is 0.429. The SMILES string of the molecule is COc1cccc(CC(=O)NCCC[C@H](N)C(=O)O)c1. The number of carbonyl (C=O) groups is 2. The predicted octanol–water partition coefficient (Wildman–Crippen LogP) is 0.546. The van der Waals surface area contributed by atoms with E-state index in [0.717, 1.165) is 5.56 Å². The Morgan fingerprint density at radius 3 is 2.85 bits per heavy atom. The molecule has 4 N–H and O–H groups in total. The van der Waals surface area contributed by atoms with Crippen LogP contribution in [0.4, 0.5) is 0 Å². The number of methoxy groups -OCH3 is 1. The average molecular weight is 280 g/mol. The van der Waals surface area contributed by atoms with Crippen molar-refractivity contribution in [1.29, 1.82) is 0 Å². The molecule has 0 aliphatic rings. The molecule has 0 heterocycles. The van der Waals surface area contributed by atoms with Crippen molar-refractivity contribution in [3.8, 4) is 5.75 Å². The maximum absolute atomic E-state index is 11.7. The molecule has 1 rings (SSSR count). The molecule has 110 valence electrons. The minimum Gasteiger partial charge on any atom is -0.497 e. The first-order valence-electron chi connectivity index (χ1n) is 6.41. The molecular formula is C14H20N2O4. The van der Waals surface area contributed by atoms with E-state index in [1.807, 2.05) is 18.2 Å². The normalized spacial score (nSPS) is 11.7. The van der Waals surface area contributed by atoms with E-state index in [-0.39, 0.29) is 12.3 Å². The maximum atomic E-state index is 11.7. The molecule has 0 aliphatic carbocycles. The molecule has 6 nitrogen and oxygen atoms in total. The molecule has 0 saturated heterocycles. The largest absolute Gasteiger partial charge is 0.497 e. The molecule has 0 aliphatic heterocycles. The highest BCUT2D eigenvalue weighted by Crippen LogP contribution is 2.12. The lowest BCUT2D eigenvalue weighted by atomic mass is 10.1. The van der Waals surface area contributed by atoms with E-state index < -0.39 is 12.0 Å². The average Bonchev–Trinajstić information content (AvgIpc) is 2.43. The molecule has 0 aromatic heterocycles. The Bertz CT molecular complexity index is 462. The van der Waals surface area contributed by atoms with Crippen molar-refractivity contribution < 1.29 is 19.4 Å². The first-order chi connectivity index (χ1) is 9.52. The van der Waals surface area contributed by atoms with Gasteiger partial charge in [0.2, 0.25) is 5.91 Å². The van der Waals surface area contributed by atoms with Crippen LogP contribution in [0.2, 0.25) is 0 Å². The summed E-state index contributed by atoms with van der Waals surface area (Å²) in [6, 6.07) is 6.43. The van der Waals surface area contributed by atoms with Crippen LogP contribution < -0.4 is 15.8 Å². The number of carboxylic acids is 1. The molecule has 1 amide bonds. The maximum Gasteiger partial charge on any atom is 0.320 e. The van der Waals surface area contributed by atoms with Crippen LogP contribution in [0.25, 0.3) is 0 Å². The Morgan fingerprint density at radius 1 is 1.45 bits per heavy atom. The van der Waals surface area contributed by atoms with Gasteiger partial charge in [0, 0.05) is 6.54 Å². The van der Waals surface area contributed by atoms with Gasteiger partial charge in [0.05, 0.1) is 13.5 Å². The van der Waals surface area contributed by atoms with Crippen molar-refractivity contribution in [2.24, 2.45) is 5.73 Å². The van der Waals surface area contributed by atoms with Crippen molar-refractivity contribution >= 4 is 11.9 Å². The quantitative estimate of drug-likeness (QED) is 0.603. The van der Waals surface area contributed by atoms with Gasteiger partial charge in [0.15, 0.2) is 0 Å². The summed E-state index contributed by atoms with van der Waals surface area (Å²) in [5.74, 6) is -0.419. The lowest BCUT2D eigenvalue weighted by molar-refractivity contribution is -0.138. The number of rotatable bonds is 8. The molecule has 1 atom stereocenters. The molecule has 0 unspecified atom stereocenters. The van der Waals surface area contributed by atoms with Gasteiger partial charge < -0.3 is 20.9 Å². The Morgan fingerprint density at radius 2 is 2.20 bits per heavy atom. The second kappa shape index (κ2) is 8.16. The van der Waals surface area contributed by atoms with Crippen LogP contribution in [0.15, 0.2) is 24.3 Å². The van der Waals surface area contributed by atoms with Crippen molar-refractivity contribution in [3.63, 3.8) is 0 Å². The van der Waals surface area contributed by atoms with Gasteiger partial charge in [-0.1, -0.05) is 12.1 Å². The summed E-state index contributed by atoms with van der Waals surface area (Å²) in [7, 11) is 1.57. The number of nitrogens with one attached hydrogen (secondary N) is 1. The topological polar surface area (TPSA) is 102 Å². The third-order valence-electron chi connectivity index (χ3n) is 2.83. The van der Waals surface area contributed by atoms with Crippen molar-refractivity contribution in [1.82, 2.24) is 5.32 Å². The highest BCUT2D eigenvalue weighted by molar-refractivity contribution is 5.78. The Balaban J connectivity index is 2.28. The van der Waals surface area contributed by atoms with Gasteiger partial charge in [0.25, 0.3) is 0 Å². The van der Waals surface area contributed by atoms with Crippen LogP contribution in [0.1, 0.15) is 18.4 Å². The van der Waals surface area contributed by atoms with Crippen molar-refractivity contribution in [2.45, 2.75) is 25.3 Å². The molecule has 1 aromatic rings. The third kappa shape index (κ3) is 5.71. The Hall–Kier alpha value is -2.08. The fourth-order valence-electron chi connectivity index (χ4n) is 1.70. The zero-order valence-electron chi connectivity index (χ0n) is 11.5. The summed E-state index contributed by atoms with van der Waals surface area (Å²) in [5, 5.41) is 11.3. The molecule has 1 aromatic carbocycles. The number of benzene rings is 1. The first-order valence-corrected chi connectivity index (χ1v) is 6.41. The molecule has 20 heavy (non-hydrogen) atoms. The second-order valence-corrected chi connectivity index (χ2v) is 4.47. The van der Waals surface area contributed by atoms with Crippen molar-refractivity contribution in [3.05, 3.63) is 29.8 Å². The highest BCUT2D eigenvalue weighted by Gasteiger charge is 2.10. The van der Waals surface area contributed by atoms with Crippen molar-refractivity contribution in [2.75, 3.05) is 13.7 Å². The minimum absolute atomic E-state index is 0.109. The summed E-state index contributed by atoms with van der Waals surface area (Å²) in [6.07, 6.45) is 1.15. The standard InChI is InChI=1S/C14H20N2O4/c1-20-11-5-2-4-10(8-11)9-13(17)16-7-3-6-12(15)14(18)19/h2,4-5,8,12H,3,6-7,9,15H2,1H3,(H,16,17)(H,18,19)/t12-/m0/s1. The molecule has 0 fully saturated rings. The van der Waals surface area contributed by atoms with Gasteiger partial charge in [-0.3, -0.25) is 9.59 Å². The summed E-state index contributed by atoms with van der Waals surface area (Å²) >= 11 is 0. The Kier molecular flexibility index (Phi) is 6.52. The number of hydrogen-bond acceptors (Lipinski definition) is 4. The predicted molar refractivity (Wildman–Crippen MR) is 74.6 cm³/mol. The van der Waals surface area contributed by atoms with Crippen LogP contribution in [0.5, 0.6) is 5.75 Å². The second-order valence-electron chi connectivity index (χ2n) is 4.47. The zero-order chi connectivity index (χ0) is 15.0. The fourth-order valence-corrected chi connectivity index (χ4v) is 1.70. The van der Waals surface area contributed by atoms with Crippen LogP contribution >= 0.6 is 0 Å². The van der Waals surface area contributed by atoms with Gasteiger partial charge in [0.1, 0.15) is 11.8 Å². The number of hydrogen-bond donors (Lipinski definition) is 3. The van der Waals surface area contributed by atoms with Crippen LogP contribution in [0.3, 0.4) is 0 Å². The molecular weight excluding hydrogens is 260 g/mol. The van der Waals surface area contributed by atoms with E-state index in [9.17, 15) is 9.59 Å². The Labute approximate surface area is 117 Å². The van der Waals surface area contributed by atoms with E-state index in [0.29, 0.717) is 25.1 Å². The van der Waals surface area contributed by atoms with Crippen LogP contribution in [0, 0.1) is 0 Å². The molecule has 0 bridgehead atoms. The summed E-state index contributed by atoms with van der Waals surface area (Å²) in [6.45, 7) is 0.420. The van der Waals surface area contributed by atoms with E-state index >= 15 is 0 Å². The van der Waals surface area contributed by atoms with Gasteiger partial charge >= 0.3 is 5.97 Å². The van der Waals surface area contributed by atoms with E-state index in [1.165, 1.54) is 0 Å². The van der Waals surface area contributed by atoms with Gasteiger partial charge in [-0.15, -0.1) is 0 Å². The third-order valence-corrected chi connectivity index (χ3v) is 2.83. The van der Waals surface area contributed by atoms with Crippen LogP contribution in [-0.2, 0) is 16.0 Å². The minimum atomic E-state index is -1.02. The molecule has 0 radical (unpaired) electrons. The number of nitrogens with two attached hydrogens (primary N) is 1. The lowest BCUT2D eigenvalue weighted by Crippen LogP contribution is -2.32. The summed E-state index contributed by atoms with van der Waals surface area (Å²) in [5.41, 5.74) is 6.23. The van der Waals surface area contributed by atoms with Gasteiger partial charge in [-0.05, 0) is 30.5 Å². The summed E-state index contributed by atoms with van der Waals surface area (Å²) < 4.78 is 5.08. The molecule has 0 spiro atoms. The summed E-state index contributed by atoms with van der Waals surface area (Å²) in [4.78, 5) is 22.2. The van der Waals surface area contributed by atoms with Gasteiger partial charge in [-0.2, -0.15) is 0 Å². The van der Waals surface area contributed by atoms with Gasteiger partial charge in [-0.25, -0.2) is 0 Å². The number of carboxylic acid groups (broad SMARTS) is 1. The first kappa shape index (κ1) is 16.0. The van der Waals surface area contributed by atoms with E-state index in [2.05, 4.69) is 5.32 Å². The van der Waals surface area contributed by atoms with Crippen LogP contribution in [-0.4, -0.2) is 36.7 Å². The zero-order valence-corrected chi connectivity index (χ0v) is 11.5. The number of ether oxygens (including phenoxy) is 1. The number of aliphatic carboxylic acids is 1. The molecule has 6 heteroatoms.